The smallest absolute Gasteiger partial charge is 0.251 e. The third kappa shape index (κ3) is 5.18. The molecule has 0 aliphatic rings. The van der Waals surface area contributed by atoms with Crippen molar-refractivity contribution in [3.63, 3.8) is 0 Å². The Hall–Kier alpha value is -2.62. The minimum absolute atomic E-state index is 0.0240. The molecule has 2 aromatic carbocycles. The van der Waals surface area contributed by atoms with E-state index in [0.29, 0.717) is 12.0 Å². The van der Waals surface area contributed by atoms with Crippen molar-refractivity contribution >= 4 is 11.8 Å². The molecule has 0 aliphatic carbocycles. The highest BCUT2D eigenvalue weighted by Crippen LogP contribution is 2.22. The lowest BCUT2D eigenvalue weighted by Crippen LogP contribution is -2.45. The minimum Gasteiger partial charge on any atom is -0.368 e. The first-order valence-electron chi connectivity index (χ1n) is 8.43. The molecule has 0 aliphatic heterocycles. The molecule has 25 heavy (non-hydrogen) atoms. The molecule has 0 saturated carbocycles. The number of hydrogen-bond acceptors (Lipinski definition) is 2. The monoisotopic (exact) mass is 338 g/mol. The second-order valence-corrected chi connectivity index (χ2v) is 7.45. The Morgan fingerprint density at radius 2 is 1.56 bits per heavy atom. The van der Waals surface area contributed by atoms with Crippen LogP contribution in [0.3, 0.4) is 0 Å². The second-order valence-electron chi connectivity index (χ2n) is 7.45. The third-order valence-corrected chi connectivity index (χ3v) is 4.22. The van der Waals surface area contributed by atoms with Crippen LogP contribution in [0.25, 0.3) is 0 Å². The molecule has 3 N–H and O–H groups in total. The predicted octanol–water partition coefficient (Wildman–Crippen LogP) is 3.12. The molecule has 0 heterocycles. The molecule has 0 saturated heterocycles. The first-order chi connectivity index (χ1) is 11.7. The number of carbonyl (C=O) groups excluding carboxylic acids is 2. The lowest BCUT2D eigenvalue weighted by Gasteiger charge is -2.19. The van der Waals surface area contributed by atoms with Crippen molar-refractivity contribution in [3.05, 3.63) is 70.8 Å². The van der Waals surface area contributed by atoms with Gasteiger partial charge >= 0.3 is 0 Å². The zero-order valence-electron chi connectivity index (χ0n) is 15.3. The highest BCUT2D eigenvalue weighted by molar-refractivity contribution is 5.97. The molecule has 0 fully saturated rings. The highest BCUT2D eigenvalue weighted by atomic mass is 16.2. The van der Waals surface area contributed by atoms with E-state index in [1.54, 1.807) is 12.1 Å². The largest absolute Gasteiger partial charge is 0.368 e. The number of hydrogen-bond donors (Lipinski definition) is 2. The lowest BCUT2D eigenvalue weighted by molar-refractivity contribution is -0.119. The van der Waals surface area contributed by atoms with E-state index in [1.807, 2.05) is 43.3 Å². The van der Waals surface area contributed by atoms with Gasteiger partial charge < -0.3 is 11.1 Å². The number of aryl methyl sites for hydroxylation is 1. The van der Waals surface area contributed by atoms with Crippen LogP contribution in [0.4, 0.5) is 0 Å². The number of carbonyl (C=O) groups is 2. The van der Waals surface area contributed by atoms with E-state index in [1.165, 1.54) is 0 Å². The van der Waals surface area contributed by atoms with E-state index < -0.39 is 11.9 Å². The Balaban J connectivity index is 2.09. The summed E-state index contributed by atoms with van der Waals surface area (Å²) in [7, 11) is 0. The molecule has 2 rings (SSSR count). The third-order valence-electron chi connectivity index (χ3n) is 4.22. The van der Waals surface area contributed by atoms with Gasteiger partial charge in [-0.1, -0.05) is 62.7 Å². The molecule has 1 atom stereocenters. The van der Waals surface area contributed by atoms with Crippen LogP contribution in [0.15, 0.2) is 48.5 Å². The van der Waals surface area contributed by atoms with Crippen LogP contribution >= 0.6 is 0 Å². The average molecular weight is 338 g/mol. The highest BCUT2D eigenvalue weighted by Gasteiger charge is 2.20. The molecule has 0 radical (unpaired) electrons. The molecule has 0 spiro atoms. The van der Waals surface area contributed by atoms with E-state index in [-0.39, 0.29) is 11.3 Å². The summed E-state index contributed by atoms with van der Waals surface area (Å²) in [6, 6.07) is 14.5. The Bertz CT molecular complexity index is 741. The van der Waals surface area contributed by atoms with Gasteiger partial charge in [0.25, 0.3) is 5.91 Å². The summed E-state index contributed by atoms with van der Waals surface area (Å²) >= 11 is 0. The van der Waals surface area contributed by atoms with E-state index in [9.17, 15) is 9.59 Å². The van der Waals surface area contributed by atoms with Crippen molar-refractivity contribution in [1.29, 1.82) is 0 Å². The van der Waals surface area contributed by atoms with Crippen molar-refractivity contribution in [2.24, 2.45) is 5.73 Å². The van der Waals surface area contributed by atoms with Gasteiger partial charge in [0.05, 0.1) is 0 Å². The Kier molecular flexibility index (Phi) is 5.62. The quantitative estimate of drug-likeness (QED) is 0.879. The van der Waals surface area contributed by atoms with Gasteiger partial charge in [0.2, 0.25) is 5.91 Å². The lowest BCUT2D eigenvalue weighted by atomic mass is 9.86. The van der Waals surface area contributed by atoms with Gasteiger partial charge in [0.15, 0.2) is 0 Å². The van der Waals surface area contributed by atoms with Crippen LogP contribution in [-0.2, 0) is 16.6 Å². The number of rotatable bonds is 5. The van der Waals surface area contributed by atoms with Crippen molar-refractivity contribution in [2.75, 3.05) is 0 Å². The molecule has 0 aromatic heterocycles. The van der Waals surface area contributed by atoms with E-state index in [4.69, 9.17) is 5.73 Å². The molecule has 0 bridgehead atoms. The number of benzene rings is 2. The summed E-state index contributed by atoms with van der Waals surface area (Å²) in [5.41, 5.74) is 9.25. The van der Waals surface area contributed by atoms with Crippen LogP contribution in [0.2, 0.25) is 0 Å². The first kappa shape index (κ1) is 18.7. The van der Waals surface area contributed by atoms with Crippen LogP contribution in [0.5, 0.6) is 0 Å². The second kappa shape index (κ2) is 7.51. The molecule has 2 amide bonds. The fourth-order valence-corrected chi connectivity index (χ4v) is 2.55. The van der Waals surface area contributed by atoms with Gasteiger partial charge in [-0.15, -0.1) is 0 Å². The molecule has 4 nitrogen and oxygen atoms in total. The van der Waals surface area contributed by atoms with Gasteiger partial charge in [0, 0.05) is 12.0 Å². The summed E-state index contributed by atoms with van der Waals surface area (Å²) in [6.07, 6.45) is 0.376. The maximum atomic E-state index is 12.4. The molecular formula is C21H26N2O2. The van der Waals surface area contributed by atoms with Crippen LogP contribution in [-0.4, -0.2) is 17.9 Å². The van der Waals surface area contributed by atoms with E-state index in [0.717, 1.165) is 16.7 Å². The summed E-state index contributed by atoms with van der Waals surface area (Å²) in [4.78, 5) is 24.2. The normalized spacial score (nSPS) is 12.5. The fraction of sp³-hybridized carbons (Fsp3) is 0.333. The zero-order valence-corrected chi connectivity index (χ0v) is 15.3. The zero-order chi connectivity index (χ0) is 18.6. The number of nitrogens with one attached hydrogen (secondary N) is 1. The van der Waals surface area contributed by atoms with Crippen molar-refractivity contribution in [3.8, 4) is 0 Å². The maximum Gasteiger partial charge on any atom is 0.251 e. The summed E-state index contributed by atoms with van der Waals surface area (Å²) in [6.45, 7) is 8.35. The first-order valence-corrected chi connectivity index (χ1v) is 8.43. The number of nitrogens with two attached hydrogens (primary N) is 1. The fourth-order valence-electron chi connectivity index (χ4n) is 2.55. The van der Waals surface area contributed by atoms with Crippen LogP contribution in [0, 0.1) is 6.92 Å². The van der Waals surface area contributed by atoms with Crippen LogP contribution in [0.1, 0.15) is 47.8 Å². The van der Waals surface area contributed by atoms with Gasteiger partial charge in [-0.05, 0) is 35.6 Å². The molecule has 4 heteroatoms. The molecule has 2 aromatic rings. The van der Waals surface area contributed by atoms with Gasteiger partial charge in [0.1, 0.15) is 6.04 Å². The summed E-state index contributed by atoms with van der Waals surface area (Å²) < 4.78 is 0. The van der Waals surface area contributed by atoms with Crippen molar-refractivity contribution < 1.29 is 9.59 Å². The number of primary amides is 1. The SMILES string of the molecule is Cc1ccc(C[C@@H](NC(=O)c2ccc(C(C)(C)C)cc2)C(N)=O)cc1. The molecule has 0 unspecified atom stereocenters. The van der Waals surface area contributed by atoms with Crippen molar-refractivity contribution in [2.45, 2.75) is 45.6 Å². The molecular weight excluding hydrogens is 312 g/mol. The van der Waals surface area contributed by atoms with Crippen LogP contribution < -0.4 is 11.1 Å². The Morgan fingerprint density at radius 3 is 2.04 bits per heavy atom. The van der Waals surface area contributed by atoms with E-state index >= 15 is 0 Å². The standard InChI is InChI=1S/C21H26N2O2/c1-14-5-7-15(8-6-14)13-18(19(22)24)23-20(25)16-9-11-17(12-10-16)21(2,3)4/h5-12,18H,13H2,1-4H3,(H2,22,24)(H,23,25)/t18-/m1/s1. The predicted molar refractivity (Wildman–Crippen MR) is 100 cm³/mol. The van der Waals surface area contributed by atoms with Gasteiger partial charge in [-0.2, -0.15) is 0 Å². The van der Waals surface area contributed by atoms with E-state index in [2.05, 4.69) is 26.1 Å². The number of amides is 2. The van der Waals surface area contributed by atoms with Gasteiger partial charge in [-0.3, -0.25) is 9.59 Å². The summed E-state index contributed by atoms with van der Waals surface area (Å²) in [5, 5.41) is 2.74. The van der Waals surface area contributed by atoms with Gasteiger partial charge in [-0.25, -0.2) is 0 Å². The maximum absolute atomic E-state index is 12.4. The Labute approximate surface area is 149 Å². The topological polar surface area (TPSA) is 72.2 Å². The Morgan fingerprint density at radius 1 is 1.00 bits per heavy atom. The minimum atomic E-state index is -0.738. The average Bonchev–Trinajstić information content (AvgIpc) is 2.55. The summed E-state index contributed by atoms with van der Waals surface area (Å²) in [5.74, 6) is -0.836. The molecule has 132 valence electrons. The van der Waals surface area contributed by atoms with Crippen molar-refractivity contribution in [1.82, 2.24) is 5.32 Å².